The fourth-order valence-corrected chi connectivity index (χ4v) is 4.84. The van der Waals surface area contributed by atoms with Gasteiger partial charge in [0.1, 0.15) is 12.4 Å². The zero-order valence-corrected chi connectivity index (χ0v) is 14.2. The molecule has 1 amide bonds. The Bertz CT molecular complexity index is 555. The molecule has 1 aliphatic heterocycles. The molecule has 4 nitrogen and oxygen atoms in total. The van der Waals surface area contributed by atoms with Gasteiger partial charge in [-0.2, -0.15) is 5.10 Å². The Morgan fingerprint density at radius 3 is 3.00 bits per heavy atom. The first-order chi connectivity index (χ1) is 10.6. The van der Waals surface area contributed by atoms with Crippen molar-refractivity contribution in [1.82, 2.24) is 5.43 Å². The molecule has 1 aliphatic rings. The number of amides is 1. The molecule has 1 aromatic rings. The summed E-state index contributed by atoms with van der Waals surface area (Å²) in [4.78, 5) is 11.9. The van der Waals surface area contributed by atoms with Gasteiger partial charge in [-0.1, -0.05) is 24.8 Å². The Morgan fingerprint density at radius 2 is 2.27 bits per heavy atom. The maximum absolute atomic E-state index is 11.9. The first-order valence-electron chi connectivity index (χ1n) is 7.05. The molecule has 1 saturated heterocycles. The first-order valence-corrected chi connectivity index (χ1v) is 9.02. The Kier molecular flexibility index (Phi) is 6.39. The van der Waals surface area contributed by atoms with E-state index in [1.165, 1.54) is 0 Å². The van der Waals surface area contributed by atoms with Crippen LogP contribution in [0.1, 0.15) is 18.9 Å². The van der Waals surface area contributed by atoms with Gasteiger partial charge in [0.05, 0.1) is 16.7 Å². The van der Waals surface area contributed by atoms with Gasteiger partial charge in [0.2, 0.25) is 5.91 Å². The van der Waals surface area contributed by atoms with E-state index >= 15 is 0 Å². The van der Waals surface area contributed by atoms with E-state index in [1.807, 2.05) is 47.8 Å². The molecule has 1 N–H and O–H groups in total. The van der Waals surface area contributed by atoms with Crippen molar-refractivity contribution in [2.75, 3.05) is 18.1 Å². The number of thioether (sulfide) groups is 2. The van der Waals surface area contributed by atoms with Crippen LogP contribution in [0.25, 0.3) is 0 Å². The van der Waals surface area contributed by atoms with Gasteiger partial charge in [0, 0.05) is 11.5 Å². The van der Waals surface area contributed by atoms with Crippen LogP contribution in [0, 0.1) is 0 Å². The van der Waals surface area contributed by atoms with Crippen molar-refractivity contribution >= 4 is 35.6 Å². The Hall–Kier alpha value is -1.40. The topological polar surface area (TPSA) is 50.7 Å². The van der Waals surface area contributed by atoms with Crippen molar-refractivity contribution in [2.24, 2.45) is 5.10 Å². The minimum absolute atomic E-state index is 0.0158. The van der Waals surface area contributed by atoms with Crippen LogP contribution in [0.3, 0.4) is 0 Å². The highest BCUT2D eigenvalue weighted by Gasteiger charge is 2.32. The second-order valence-electron chi connectivity index (χ2n) is 4.97. The largest absolute Gasteiger partial charge is 0.490 e. The van der Waals surface area contributed by atoms with E-state index in [1.54, 1.807) is 12.3 Å². The first kappa shape index (κ1) is 17.0. The number of carbonyl (C=O) groups excluding carboxylic acids is 1. The predicted octanol–water partition coefficient (Wildman–Crippen LogP) is 3.29. The van der Waals surface area contributed by atoms with Gasteiger partial charge >= 0.3 is 0 Å². The Labute approximate surface area is 139 Å². The van der Waals surface area contributed by atoms with E-state index in [4.69, 9.17) is 4.74 Å². The summed E-state index contributed by atoms with van der Waals surface area (Å²) in [5.41, 5.74) is 3.47. The van der Waals surface area contributed by atoms with Crippen molar-refractivity contribution in [1.29, 1.82) is 0 Å². The number of nitrogens with zero attached hydrogens (tertiary/aromatic N) is 1. The summed E-state index contributed by atoms with van der Waals surface area (Å²) in [6.07, 6.45) is 3.79. The lowest BCUT2D eigenvalue weighted by Gasteiger charge is -2.19. The van der Waals surface area contributed by atoms with Gasteiger partial charge in [-0.15, -0.1) is 23.5 Å². The molecule has 2 rings (SSSR count). The monoisotopic (exact) mass is 336 g/mol. The van der Waals surface area contributed by atoms with E-state index < -0.39 is 0 Å². The minimum atomic E-state index is -0.0558. The van der Waals surface area contributed by atoms with Gasteiger partial charge in [-0.25, -0.2) is 5.43 Å². The number of hydrogen-bond acceptors (Lipinski definition) is 5. The molecule has 0 unspecified atom stereocenters. The molecular formula is C16H20N2O2S2. The Balaban J connectivity index is 1.83. The molecule has 0 spiro atoms. The lowest BCUT2D eigenvalue weighted by Crippen LogP contribution is -2.26. The third-order valence-electron chi connectivity index (χ3n) is 3.01. The zero-order chi connectivity index (χ0) is 15.8. The van der Waals surface area contributed by atoms with Gasteiger partial charge in [-0.3, -0.25) is 4.79 Å². The second-order valence-corrected chi connectivity index (χ2v) is 8.43. The molecule has 118 valence electrons. The summed E-state index contributed by atoms with van der Waals surface area (Å²) in [6.45, 7) is 6.19. The molecule has 0 bridgehead atoms. The predicted molar refractivity (Wildman–Crippen MR) is 95.8 cm³/mol. The minimum Gasteiger partial charge on any atom is -0.490 e. The van der Waals surface area contributed by atoms with Gasteiger partial charge in [0.15, 0.2) is 0 Å². The molecule has 0 atom stereocenters. The molecule has 1 fully saturated rings. The van der Waals surface area contributed by atoms with Gasteiger partial charge in [-0.05, 0) is 24.6 Å². The van der Waals surface area contributed by atoms with Crippen LogP contribution in [0.5, 0.6) is 5.75 Å². The summed E-state index contributed by atoms with van der Waals surface area (Å²) >= 11 is 3.68. The van der Waals surface area contributed by atoms with Crippen molar-refractivity contribution in [3.8, 4) is 5.75 Å². The quantitative estimate of drug-likeness (QED) is 0.472. The van der Waals surface area contributed by atoms with Crippen LogP contribution in [0.2, 0.25) is 0 Å². The zero-order valence-electron chi connectivity index (χ0n) is 12.6. The van der Waals surface area contributed by atoms with Gasteiger partial charge < -0.3 is 4.74 Å². The smallest absolute Gasteiger partial charge is 0.242 e. The van der Waals surface area contributed by atoms with Gasteiger partial charge in [0.25, 0.3) is 0 Å². The third-order valence-corrected chi connectivity index (χ3v) is 6.30. The molecule has 0 aliphatic carbocycles. The van der Waals surface area contributed by atoms with Crippen LogP contribution in [-0.4, -0.2) is 34.3 Å². The van der Waals surface area contributed by atoms with Crippen molar-refractivity contribution in [3.05, 3.63) is 42.5 Å². The molecule has 0 saturated carbocycles. The molecule has 0 aromatic heterocycles. The number of rotatable bonds is 7. The van der Waals surface area contributed by atoms with E-state index in [2.05, 4.69) is 24.0 Å². The summed E-state index contributed by atoms with van der Waals surface area (Å²) < 4.78 is 5.44. The third kappa shape index (κ3) is 5.42. The number of benzene rings is 1. The van der Waals surface area contributed by atoms with E-state index in [0.29, 0.717) is 13.0 Å². The number of carbonyl (C=O) groups is 1. The van der Waals surface area contributed by atoms with Crippen LogP contribution in [0.4, 0.5) is 0 Å². The lowest BCUT2D eigenvalue weighted by molar-refractivity contribution is -0.121. The highest BCUT2D eigenvalue weighted by Crippen LogP contribution is 2.45. The second kappa shape index (κ2) is 8.29. The molecule has 6 heteroatoms. The highest BCUT2D eigenvalue weighted by molar-refractivity contribution is 8.21. The number of nitrogens with one attached hydrogen (secondary N) is 1. The molecule has 1 aromatic carbocycles. The van der Waals surface area contributed by atoms with Crippen LogP contribution >= 0.6 is 23.5 Å². The van der Waals surface area contributed by atoms with Crippen LogP contribution < -0.4 is 10.2 Å². The number of hydrazone groups is 1. The Morgan fingerprint density at radius 1 is 1.50 bits per heavy atom. The fourth-order valence-electron chi connectivity index (χ4n) is 2.01. The van der Waals surface area contributed by atoms with E-state index in [-0.39, 0.29) is 9.99 Å². The highest BCUT2D eigenvalue weighted by atomic mass is 32.2. The van der Waals surface area contributed by atoms with E-state index in [0.717, 1.165) is 22.8 Å². The van der Waals surface area contributed by atoms with Crippen molar-refractivity contribution in [2.45, 2.75) is 17.4 Å². The normalized spacial score (nSPS) is 16.6. The maximum atomic E-state index is 11.9. The summed E-state index contributed by atoms with van der Waals surface area (Å²) in [5.74, 6) is 2.91. The summed E-state index contributed by atoms with van der Waals surface area (Å²) in [5, 5.41) is 4.02. The number of ether oxygens (including phenoxy) is 1. The fraction of sp³-hybridized carbons (Fsp3) is 0.375. The molecular weight excluding hydrogens is 316 g/mol. The SMILES string of the molecule is C=CCOc1cccc(/C=N\NC(=O)CC2(C)SCCS2)c1. The van der Waals surface area contributed by atoms with E-state index in [9.17, 15) is 4.79 Å². The molecule has 0 radical (unpaired) electrons. The van der Waals surface area contributed by atoms with Crippen LogP contribution in [-0.2, 0) is 4.79 Å². The standard InChI is InChI=1S/C16H20N2O2S2/c1-3-7-20-14-6-4-5-13(10-14)12-17-18-15(19)11-16(2)21-8-9-22-16/h3-6,10,12H,1,7-9,11H2,2H3,(H,18,19)/b17-12-. The lowest BCUT2D eigenvalue weighted by atomic mass is 10.2. The maximum Gasteiger partial charge on any atom is 0.242 e. The number of hydrogen-bond donors (Lipinski definition) is 1. The van der Waals surface area contributed by atoms with Crippen LogP contribution in [0.15, 0.2) is 42.0 Å². The summed E-state index contributed by atoms with van der Waals surface area (Å²) in [7, 11) is 0. The molecule has 1 heterocycles. The summed E-state index contributed by atoms with van der Waals surface area (Å²) in [6, 6.07) is 7.52. The average Bonchev–Trinajstić information content (AvgIpc) is 2.91. The van der Waals surface area contributed by atoms with Crippen molar-refractivity contribution in [3.63, 3.8) is 0 Å². The van der Waals surface area contributed by atoms with Crippen molar-refractivity contribution < 1.29 is 9.53 Å². The molecule has 22 heavy (non-hydrogen) atoms. The average molecular weight is 336 g/mol.